The lowest BCUT2D eigenvalue weighted by molar-refractivity contribution is -0.394. The van der Waals surface area contributed by atoms with Gasteiger partial charge in [-0.3, -0.25) is 20.2 Å². The molecule has 8 atom stereocenters. The molecule has 0 amide bonds. The molecule has 232 valence electrons. The van der Waals surface area contributed by atoms with Gasteiger partial charge in [0.25, 0.3) is 11.4 Å². The fourth-order valence-corrected chi connectivity index (χ4v) is 8.82. The highest BCUT2D eigenvalue weighted by atomic mass is 16.6. The molecule has 0 saturated heterocycles. The van der Waals surface area contributed by atoms with Crippen LogP contribution in [0.3, 0.4) is 0 Å². The molecule has 1 aromatic rings. The fourth-order valence-electron chi connectivity index (χ4n) is 8.82. The number of esters is 1. The summed E-state index contributed by atoms with van der Waals surface area (Å²) in [7, 11) is 0. The van der Waals surface area contributed by atoms with Gasteiger partial charge in [0.05, 0.1) is 21.5 Å². The van der Waals surface area contributed by atoms with E-state index < -0.39 is 27.2 Å². The van der Waals surface area contributed by atoms with Crippen molar-refractivity contribution < 1.29 is 19.4 Å². The van der Waals surface area contributed by atoms with Gasteiger partial charge in [-0.25, -0.2) is 4.79 Å². The van der Waals surface area contributed by atoms with Gasteiger partial charge in [0, 0.05) is 18.6 Å². The number of ether oxygens (including phenoxy) is 1. The highest BCUT2D eigenvalue weighted by molar-refractivity contribution is 5.91. The van der Waals surface area contributed by atoms with Crippen LogP contribution in [0.4, 0.5) is 11.4 Å². The third kappa shape index (κ3) is 5.69. The van der Waals surface area contributed by atoms with E-state index in [0.717, 1.165) is 24.6 Å². The van der Waals surface area contributed by atoms with E-state index in [2.05, 4.69) is 65.8 Å². The van der Waals surface area contributed by atoms with Crippen molar-refractivity contribution in [2.24, 2.45) is 46.3 Å². The first-order valence-electron chi connectivity index (χ1n) is 16.0. The van der Waals surface area contributed by atoms with Crippen molar-refractivity contribution in [3.05, 3.63) is 79.4 Å². The Morgan fingerprint density at radius 2 is 1.58 bits per heavy atom. The molecule has 8 heteroatoms. The zero-order valence-electron chi connectivity index (χ0n) is 26.4. The Morgan fingerprint density at radius 3 is 2.21 bits per heavy atom. The molecule has 3 fully saturated rings. The number of rotatable bonds is 8. The van der Waals surface area contributed by atoms with Crippen molar-refractivity contribution in [2.75, 3.05) is 0 Å². The Bertz CT molecular complexity index is 1360. The van der Waals surface area contributed by atoms with E-state index in [1.807, 2.05) is 0 Å². The van der Waals surface area contributed by atoms with Gasteiger partial charge in [0.2, 0.25) is 0 Å². The molecule has 4 aliphatic carbocycles. The van der Waals surface area contributed by atoms with E-state index in [9.17, 15) is 25.0 Å². The second kappa shape index (κ2) is 11.7. The monoisotopic (exact) mass is 590 g/mol. The minimum Gasteiger partial charge on any atom is -0.458 e. The third-order valence-corrected chi connectivity index (χ3v) is 11.8. The minimum absolute atomic E-state index is 0.0228. The van der Waals surface area contributed by atoms with Gasteiger partial charge in [-0.05, 0) is 84.9 Å². The lowest BCUT2D eigenvalue weighted by atomic mass is 9.50. The van der Waals surface area contributed by atoms with Crippen LogP contribution in [0, 0.1) is 66.6 Å². The van der Waals surface area contributed by atoms with Crippen LogP contribution in [0.25, 0.3) is 0 Å². The Hall–Kier alpha value is -3.29. The molecule has 5 rings (SSSR count). The van der Waals surface area contributed by atoms with E-state index in [1.165, 1.54) is 31.3 Å². The van der Waals surface area contributed by atoms with Crippen molar-refractivity contribution in [3.63, 3.8) is 0 Å². The van der Waals surface area contributed by atoms with Gasteiger partial charge in [0.1, 0.15) is 6.10 Å². The minimum atomic E-state index is -0.760. The topological polar surface area (TPSA) is 113 Å². The number of carbonyl (C=O) groups is 1. The number of fused-ring (bicyclic) bond motifs is 5. The average molecular weight is 591 g/mol. The summed E-state index contributed by atoms with van der Waals surface area (Å²) >= 11 is 0. The molecular formula is C35H46N2O6. The fraction of sp³-hybridized carbons (Fsp3) is 0.629. The summed E-state index contributed by atoms with van der Waals surface area (Å²) < 4.78 is 5.80. The van der Waals surface area contributed by atoms with E-state index in [-0.39, 0.29) is 17.1 Å². The maximum atomic E-state index is 13.0. The molecule has 3 saturated carbocycles. The number of nitro benzene ring substituents is 2. The summed E-state index contributed by atoms with van der Waals surface area (Å²) in [5.41, 5.74) is 2.08. The quantitative estimate of drug-likeness (QED) is 0.129. The number of benzene rings is 1. The SMILES string of the molecule is CC(C)[C@@H](C)/C=C/[C@@H](C)[C@H]1CC[C@H]2C3=CC=C4C[C@@H](OC(=O)c5cc([N+](=O)[O-])cc([N+](=O)[O-])c5)CC[C@]4(C)[C@H]3CC[C@]12C. The molecule has 0 bridgehead atoms. The lowest BCUT2D eigenvalue weighted by Crippen LogP contribution is -2.46. The Morgan fingerprint density at radius 1 is 0.907 bits per heavy atom. The van der Waals surface area contributed by atoms with Gasteiger partial charge in [0.15, 0.2) is 0 Å². The van der Waals surface area contributed by atoms with Crippen molar-refractivity contribution in [1.29, 1.82) is 0 Å². The highest BCUT2D eigenvalue weighted by Crippen LogP contribution is 2.66. The summed E-state index contributed by atoms with van der Waals surface area (Å²) in [4.78, 5) is 34.1. The van der Waals surface area contributed by atoms with Gasteiger partial charge in [-0.15, -0.1) is 0 Å². The lowest BCUT2D eigenvalue weighted by Gasteiger charge is -2.55. The summed E-state index contributed by atoms with van der Waals surface area (Å²) in [5.74, 6) is 2.83. The Balaban J connectivity index is 1.31. The molecule has 0 spiro atoms. The number of non-ortho nitro benzene ring substituents is 2. The van der Waals surface area contributed by atoms with Crippen LogP contribution in [-0.4, -0.2) is 21.9 Å². The summed E-state index contributed by atoms with van der Waals surface area (Å²) in [5, 5.41) is 22.6. The Labute approximate surface area is 255 Å². The standard InChI is InChI=1S/C35H46N2O6/c1-21(2)22(3)7-8-23(4)30-11-12-31-29-10-9-25-19-28(13-15-34(25,5)32(29)14-16-35(30,31)6)43-33(38)24-17-26(36(39)40)20-27(18-24)37(41)42/h7-10,17-18,20-23,28,30-32H,11-16,19H2,1-6H3/b8-7+/t22-,23+,28-,30+,31-,32-,34-,35+/m0/s1. The maximum absolute atomic E-state index is 13.0. The third-order valence-electron chi connectivity index (χ3n) is 11.8. The highest BCUT2D eigenvalue weighted by Gasteiger charge is 2.57. The largest absolute Gasteiger partial charge is 0.458 e. The first kappa shape index (κ1) is 31.1. The predicted octanol–water partition coefficient (Wildman–Crippen LogP) is 9.01. The zero-order chi connectivity index (χ0) is 31.3. The van der Waals surface area contributed by atoms with Crippen LogP contribution in [0.15, 0.2) is 53.6 Å². The molecule has 1 aromatic carbocycles. The van der Waals surface area contributed by atoms with E-state index in [1.54, 1.807) is 5.57 Å². The van der Waals surface area contributed by atoms with E-state index in [4.69, 9.17) is 4.74 Å². The van der Waals surface area contributed by atoms with Gasteiger partial charge < -0.3 is 4.74 Å². The summed E-state index contributed by atoms with van der Waals surface area (Å²) in [6, 6.07) is 2.95. The normalized spacial score (nSPS) is 33.1. The first-order valence-corrected chi connectivity index (χ1v) is 16.0. The number of hydrogen-bond acceptors (Lipinski definition) is 6. The van der Waals surface area contributed by atoms with Gasteiger partial charge in [-0.2, -0.15) is 0 Å². The molecular weight excluding hydrogens is 544 g/mol. The number of nitrogens with zero attached hydrogens (tertiary/aromatic N) is 2. The van der Waals surface area contributed by atoms with Gasteiger partial charge >= 0.3 is 5.97 Å². The van der Waals surface area contributed by atoms with Gasteiger partial charge in [-0.1, -0.05) is 77.0 Å². The van der Waals surface area contributed by atoms with Crippen LogP contribution < -0.4 is 0 Å². The summed E-state index contributed by atoms with van der Waals surface area (Å²) in [6.45, 7) is 14.2. The van der Waals surface area contributed by atoms with Crippen molar-refractivity contribution >= 4 is 17.3 Å². The van der Waals surface area contributed by atoms with Crippen molar-refractivity contribution in [1.82, 2.24) is 0 Å². The molecule has 43 heavy (non-hydrogen) atoms. The number of nitro groups is 2. The predicted molar refractivity (Wildman–Crippen MR) is 166 cm³/mol. The first-order chi connectivity index (χ1) is 20.2. The van der Waals surface area contributed by atoms with Crippen LogP contribution in [0.2, 0.25) is 0 Å². The number of hydrogen-bond donors (Lipinski definition) is 0. The molecule has 0 N–H and O–H groups in total. The van der Waals surface area contributed by atoms with Crippen LogP contribution in [0.5, 0.6) is 0 Å². The van der Waals surface area contributed by atoms with Crippen molar-refractivity contribution in [2.45, 2.75) is 92.6 Å². The van der Waals surface area contributed by atoms with Crippen LogP contribution in [0.1, 0.15) is 96.8 Å². The number of allylic oxidation sites excluding steroid dienone is 5. The Kier molecular flexibility index (Phi) is 8.45. The molecule has 0 radical (unpaired) electrons. The zero-order valence-corrected chi connectivity index (χ0v) is 26.4. The van der Waals surface area contributed by atoms with Crippen LogP contribution >= 0.6 is 0 Å². The molecule has 8 nitrogen and oxygen atoms in total. The second-order valence-electron chi connectivity index (χ2n) is 14.5. The number of carbonyl (C=O) groups excluding carboxylic acids is 1. The molecule has 0 unspecified atom stereocenters. The average Bonchev–Trinajstić information content (AvgIpc) is 3.32. The summed E-state index contributed by atoms with van der Waals surface area (Å²) in [6.07, 6.45) is 16.3. The van der Waals surface area contributed by atoms with E-state index in [0.29, 0.717) is 53.8 Å². The second-order valence-corrected chi connectivity index (χ2v) is 14.5. The van der Waals surface area contributed by atoms with Crippen LogP contribution in [-0.2, 0) is 4.74 Å². The maximum Gasteiger partial charge on any atom is 0.338 e. The molecule has 0 aromatic heterocycles. The molecule has 0 aliphatic heterocycles. The van der Waals surface area contributed by atoms with E-state index >= 15 is 0 Å². The smallest absolute Gasteiger partial charge is 0.338 e. The molecule has 4 aliphatic rings. The van der Waals surface area contributed by atoms with Crippen molar-refractivity contribution in [3.8, 4) is 0 Å². The molecule has 0 heterocycles.